The van der Waals surface area contributed by atoms with Gasteiger partial charge in [0.1, 0.15) is 0 Å². The minimum absolute atomic E-state index is 1.29. The predicted molar refractivity (Wildman–Crippen MR) is 27.9 cm³/mol. The molecule has 0 aliphatic rings. The molecule has 0 aromatic heterocycles. The molecule has 44 valence electrons. The van der Waals surface area contributed by atoms with Crippen LogP contribution in [0.25, 0.3) is 0 Å². The van der Waals surface area contributed by atoms with Gasteiger partial charge < -0.3 is 9.05 Å². The van der Waals surface area contributed by atoms with E-state index in [1.165, 1.54) is 14.2 Å². The molecule has 0 rings (SSSR count). The third-order valence-corrected chi connectivity index (χ3v) is 1.40. The zero-order valence-corrected chi connectivity index (χ0v) is 5.70. The van der Waals surface area contributed by atoms with Crippen LogP contribution in [0.15, 0.2) is 0 Å². The van der Waals surface area contributed by atoms with Crippen molar-refractivity contribution < 1.29 is 13.1 Å². The van der Waals surface area contributed by atoms with E-state index in [1.54, 1.807) is 0 Å². The van der Waals surface area contributed by atoms with Crippen LogP contribution in [-0.4, -0.2) is 14.2 Å². The Bertz CT molecular complexity index is 34.4. The largest absolute Gasteiger partial charge is 0.350 e. The molecule has 0 fully saturated rings. The van der Waals surface area contributed by atoms with Crippen LogP contribution in [0.3, 0.4) is 0 Å². The fraction of sp³-hybridized carbons (Fsp3) is 1.00. The third-order valence-electron chi connectivity index (χ3n) is 0.354. The normalized spacial score (nSPS) is 10.3. The lowest BCUT2D eigenvalue weighted by atomic mass is 11.8. The Morgan fingerprint density at radius 3 is 1.71 bits per heavy atom. The highest BCUT2D eigenvalue weighted by Crippen LogP contribution is 2.38. The van der Waals surface area contributed by atoms with Crippen LogP contribution >= 0.6 is 20.5 Å². The fourth-order valence-corrected chi connectivity index (χ4v) is 0.731. The van der Waals surface area contributed by atoms with Crippen LogP contribution in [0.5, 0.6) is 0 Å². The molecule has 0 amide bonds. The van der Waals surface area contributed by atoms with Gasteiger partial charge in [0.05, 0.1) is 11.9 Å². The molecule has 0 bridgehead atoms. The van der Waals surface area contributed by atoms with Crippen LogP contribution in [-0.2, 0) is 13.1 Å². The number of halogens is 1. The molecular weight excluding hydrogens is 138 g/mol. The molecule has 0 heterocycles. The Kier molecular flexibility index (Phi) is 5.16. The van der Waals surface area contributed by atoms with Crippen molar-refractivity contribution in [2.75, 3.05) is 14.2 Å². The Hall–Kier alpha value is 0.600. The zero-order chi connectivity index (χ0) is 5.70. The summed E-state index contributed by atoms with van der Waals surface area (Å²) < 4.78 is 13.2. The lowest BCUT2D eigenvalue weighted by molar-refractivity contribution is 0.284. The van der Waals surface area contributed by atoms with Crippen molar-refractivity contribution in [2.45, 2.75) is 0 Å². The minimum atomic E-state index is -1.29. The number of hydrogen-bond donors (Lipinski definition) is 0. The Morgan fingerprint density at radius 2 is 1.71 bits per heavy atom. The van der Waals surface area contributed by atoms with E-state index in [1.807, 2.05) is 0 Å². The molecule has 0 radical (unpaired) electrons. The van der Waals surface area contributed by atoms with Gasteiger partial charge in [-0.15, -0.1) is 0 Å². The van der Waals surface area contributed by atoms with Gasteiger partial charge in [0.15, 0.2) is 0 Å². The lowest BCUT2D eigenvalue weighted by Crippen LogP contribution is -1.77. The van der Waals surface area contributed by atoms with Crippen molar-refractivity contribution >= 4 is 20.5 Å². The van der Waals surface area contributed by atoms with Crippen LogP contribution in [0.4, 0.5) is 0 Å². The maximum Gasteiger partial charge on any atom is 0.350 e. The van der Waals surface area contributed by atoms with Crippen molar-refractivity contribution in [3.05, 3.63) is 0 Å². The first-order valence-electron chi connectivity index (χ1n) is 1.52. The molecule has 0 aliphatic carbocycles. The van der Waals surface area contributed by atoms with Crippen LogP contribution in [0.2, 0.25) is 0 Å². The summed E-state index contributed by atoms with van der Waals surface area (Å²) in [5.41, 5.74) is 0. The SMILES string of the molecule is COP(OC)OCl. The molecule has 0 N–H and O–H groups in total. The lowest BCUT2D eigenvalue weighted by Gasteiger charge is -2.02. The van der Waals surface area contributed by atoms with E-state index in [-0.39, 0.29) is 0 Å². The summed E-state index contributed by atoms with van der Waals surface area (Å²) in [6.45, 7) is 0. The average molecular weight is 144 g/mol. The van der Waals surface area contributed by atoms with E-state index in [9.17, 15) is 0 Å². The third kappa shape index (κ3) is 3.21. The first-order valence-corrected chi connectivity index (χ1v) is 2.92. The summed E-state index contributed by atoms with van der Waals surface area (Å²) >= 11 is 4.85. The van der Waals surface area contributed by atoms with Crippen molar-refractivity contribution in [3.63, 3.8) is 0 Å². The molecular formula is C2H6ClO3P. The zero-order valence-electron chi connectivity index (χ0n) is 4.05. The highest BCUT2D eigenvalue weighted by Gasteiger charge is 2.03. The van der Waals surface area contributed by atoms with Crippen LogP contribution in [0, 0.1) is 0 Å². The van der Waals surface area contributed by atoms with Gasteiger partial charge in [-0.05, 0) is 0 Å². The maximum atomic E-state index is 4.85. The second-order valence-corrected chi connectivity index (χ2v) is 2.39. The molecule has 0 aromatic carbocycles. The van der Waals surface area contributed by atoms with Crippen molar-refractivity contribution in [3.8, 4) is 0 Å². The highest BCUT2D eigenvalue weighted by atomic mass is 35.5. The van der Waals surface area contributed by atoms with Gasteiger partial charge in [-0.1, -0.05) is 0 Å². The Labute approximate surface area is 48.7 Å². The molecule has 0 spiro atoms. The van der Waals surface area contributed by atoms with Gasteiger partial charge >= 0.3 is 8.60 Å². The molecule has 0 aliphatic heterocycles. The first kappa shape index (κ1) is 7.60. The minimum Gasteiger partial charge on any atom is -0.315 e. The van der Waals surface area contributed by atoms with Crippen molar-refractivity contribution in [2.24, 2.45) is 0 Å². The quantitative estimate of drug-likeness (QED) is 0.564. The Morgan fingerprint density at radius 1 is 1.29 bits per heavy atom. The van der Waals surface area contributed by atoms with Gasteiger partial charge in [0.25, 0.3) is 0 Å². The first-order chi connectivity index (χ1) is 3.35. The van der Waals surface area contributed by atoms with Gasteiger partial charge in [-0.3, -0.25) is 0 Å². The van der Waals surface area contributed by atoms with Crippen molar-refractivity contribution in [1.29, 1.82) is 0 Å². The summed E-state index contributed by atoms with van der Waals surface area (Å²) in [5, 5.41) is 0. The molecule has 0 saturated heterocycles. The van der Waals surface area contributed by atoms with Gasteiger partial charge in [-0.2, -0.15) is 4.08 Å². The Balaban J connectivity index is 2.99. The molecule has 0 aromatic rings. The van der Waals surface area contributed by atoms with Gasteiger partial charge in [0, 0.05) is 14.2 Å². The van der Waals surface area contributed by atoms with Crippen molar-refractivity contribution in [1.82, 2.24) is 0 Å². The summed E-state index contributed by atoms with van der Waals surface area (Å²) in [6, 6.07) is 0. The average Bonchev–Trinajstić information content (AvgIpc) is 1.72. The summed E-state index contributed by atoms with van der Waals surface area (Å²) in [6.07, 6.45) is 0. The smallest absolute Gasteiger partial charge is 0.315 e. The van der Waals surface area contributed by atoms with E-state index in [2.05, 4.69) is 13.1 Å². The van der Waals surface area contributed by atoms with E-state index in [4.69, 9.17) is 11.9 Å². The predicted octanol–water partition coefficient (Wildman–Crippen LogP) is 1.68. The molecule has 0 unspecified atom stereocenters. The van der Waals surface area contributed by atoms with E-state index >= 15 is 0 Å². The summed E-state index contributed by atoms with van der Waals surface area (Å²) in [5.74, 6) is 0. The highest BCUT2D eigenvalue weighted by molar-refractivity contribution is 7.42. The molecule has 7 heavy (non-hydrogen) atoms. The van der Waals surface area contributed by atoms with Gasteiger partial charge in [-0.25, -0.2) is 0 Å². The second kappa shape index (κ2) is 4.75. The summed E-state index contributed by atoms with van der Waals surface area (Å²) in [4.78, 5) is 0. The standard InChI is InChI=1S/C2H6ClO3P/c1-4-7(5-2)6-3/h1-2H3. The van der Waals surface area contributed by atoms with Crippen LogP contribution < -0.4 is 0 Å². The van der Waals surface area contributed by atoms with Crippen LogP contribution in [0.1, 0.15) is 0 Å². The molecule has 0 saturated carbocycles. The van der Waals surface area contributed by atoms with E-state index in [0.717, 1.165) is 0 Å². The molecule has 0 atom stereocenters. The maximum absolute atomic E-state index is 4.85. The molecule has 5 heteroatoms. The number of rotatable bonds is 3. The molecule has 3 nitrogen and oxygen atoms in total. The topological polar surface area (TPSA) is 27.7 Å². The summed E-state index contributed by atoms with van der Waals surface area (Å²) in [7, 11) is 1.62. The second-order valence-electron chi connectivity index (χ2n) is 0.658. The number of hydrogen-bond acceptors (Lipinski definition) is 3. The van der Waals surface area contributed by atoms with E-state index < -0.39 is 8.60 Å². The van der Waals surface area contributed by atoms with Gasteiger partial charge in [0.2, 0.25) is 0 Å². The van der Waals surface area contributed by atoms with E-state index in [0.29, 0.717) is 0 Å². The monoisotopic (exact) mass is 144 g/mol. The fourth-order valence-electron chi connectivity index (χ4n) is 0.131.